The lowest BCUT2D eigenvalue weighted by atomic mass is 10.2. The van der Waals surface area contributed by atoms with E-state index in [-0.39, 0.29) is 5.82 Å². The number of rotatable bonds is 7. The zero-order valence-electron chi connectivity index (χ0n) is 18.6. The Hall–Kier alpha value is -2.61. The van der Waals surface area contributed by atoms with Crippen LogP contribution in [0.4, 0.5) is 10.1 Å². The lowest BCUT2D eigenvalue weighted by Crippen LogP contribution is -2.49. The molecule has 7 nitrogen and oxygen atoms in total. The first kappa shape index (κ1) is 22.1. The van der Waals surface area contributed by atoms with Gasteiger partial charge in [-0.2, -0.15) is 5.10 Å². The minimum absolute atomic E-state index is 0.185. The van der Waals surface area contributed by atoms with Crippen molar-refractivity contribution in [3.8, 4) is 0 Å². The van der Waals surface area contributed by atoms with E-state index < -0.39 is 0 Å². The van der Waals surface area contributed by atoms with Crippen LogP contribution in [0.1, 0.15) is 23.9 Å². The van der Waals surface area contributed by atoms with Gasteiger partial charge in [0, 0.05) is 69.8 Å². The predicted octanol–water partition coefficient (Wildman–Crippen LogP) is 2.05. The fourth-order valence-electron chi connectivity index (χ4n) is 3.76. The fraction of sp³-hybridized carbons (Fsp3) is 0.545. The molecule has 1 aliphatic rings. The van der Waals surface area contributed by atoms with Crippen molar-refractivity contribution in [2.24, 2.45) is 12.0 Å². The van der Waals surface area contributed by atoms with Crippen molar-refractivity contribution in [3.63, 3.8) is 0 Å². The second kappa shape index (κ2) is 10.4. The van der Waals surface area contributed by atoms with Gasteiger partial charge in [-0.15, -0.1) is 0 Å². The number of hydrogen-bond donors (Lipinski definition) is 2. The van der Waals surface area contributed by atoms with Gasteiger partial charge in [-0.3, -0.25) is 9.58 Å². The van der Waals surface area contributed by atoms with E-state index in [1.165, 1.54) is 17.7 Å². The van der Waals surface area contributed by atoms with E-state index in [1.54, 1.807) is 0 Å². The molecule has 0 radical (unpaired) electrons. The molecule has 1 aromatic heterocycles. The minimum atomic E-state index is -0.185. The smallest absolute Gasteiger partial charge is 0.191 e. The average molecular weight is 416 g/mol. The Bertz CT molecular complexity index is 836. The van der Waals surface area contributed by atoms with Crippen LogP contribution in [0.25, 0.3) is 0 Å². The number of nitrogens with one attached hydrogen (secondary N) is 2. The summed E-state index contributed by atoms with van der Waals surface area (Å²) >= 11 is 0. The number of benzene rings is 1. The highest BCUT2D eigenvalue weighted by Gasteiger charge is 2.17. The Morgan fingerprint density at radius 2 is 1.80 bits per heavy atom. The molecule has 3 rings (SSSR count). The number of aryl methyl sites for hydroxylation is 2. The van der Waals surface area contributed by atoms with Crippen molar-refractivity contribution >= 4 is 11.6 Å². The maximum atomic E-state index is 13.1. The highest BCUT2D eigenvalue weighted by Crippen LogP contribution is 2.16. The zero-order chi connectivity index (χ0) is 21.5. The molecule has 2 heterocycles. The summed E-state index contributed by atoms with van der Waals surface area (Å²) in [4.78, 5) is 9.51. The number of halogens is 1. The van der Waals surface area contributed by atoms with Gasteiger partial charge in [0.2, 0.25) is 0 Å². The van der Waals surface area contributed by atoms with E-state index >= 15 is 0 Å². The third-order valence-corrected chi connectivity index (χ3v) is 5.68. The number of piperazine rings is 1. The largest absolute Gasteiger partial charge is 0.369 e. The molecule has 0 amide bonds. The van der Waals surface area contributed by atoms with E-state index in [0.717, 1.165) is 68.8 Å². The molecule has 0 aliphatic carbocycles. The molecule has 1 fully saturated rings. The molecule has 0 atom stereocenters. The first-order valence-corrected chi connectivity index (χ1v) is 10.7. The van der Waals surface area contributed by atoms with Gasteiger partial charge in [0.05, 0.1) is 12.2 Å². The lowest BCUT2D eigenvalue weighted by molar-refractivity contribution is 0.261. The summed E-state index contributed by atoms with van der Waals surface area (Å²) in [5.74, 6) is 0.653. The molecule has 30 heavy (non-hydrogen) atoms. The van der Waals surface area contributed by atoms with Crippen molar-refractivity contribution in [3.05, 3.63) is 47.0 Å². The highest BCUT2D eigenvalue weighted by atomic mass is 19.1. The van der Waals surface area contributed by atoms with Gasteiger partial charge in [-0.1, -0.05) is 0 Å². The molecule has 8 heteroatoms. The molecule has 1 saturated heterocycles. The van der Waals surface area contributed by atoms with Crippen LogP contribution in [0.15, 0.2) is 29.3 Å². The standard InChI is InChI=1S/C22H34FN7/c1-5-24-22(26-16-21-17(2)27-28(4)18(21)3)25-10-11-29-12-14-30(15-13-29)20-8-6-19(23)7-9-20/h6-9H,5,10-16H2,1-4H3,(H2,24,25,26). The Morgan fingerprint density at radius 1 is 1.10 bits per heavy atom. The maximum Gasteiger partial charge on any atom is 0.191 e. The van der Waals surface area contributed by atoms with Gasteiger partial charge in [-0.25, -0.2) is 9.38 Å². The van der Waals surface area contributed by atoms with Gasteiger partial charge in [0.1, 0.15) is 5.82 Å². The van der Waals surface area contributed by atoms with E-state index in [4.69, 9.17) is 4.99 Å². The Labute approximate surface area is 179 Å². The molecule has 0 spiro atoms. The summed E-state index contributed by atoms with van der Waals surface area (Å²) in [5, 5.41) is 11.2. The molecule has 0 unspecified atom stereocenters. The second-order valence-corrected chi connectivity index (χ2v) is 7.70. The van der Waals surface area contributed by atoms with Crippen LogP contribution >= 0.6 is 0 Å². The first-order valence-electron chi connectivity index (χ1n) is 10.7. The van der Waals surface area contributed by atoms with E-state index in [2.05, 4.69) is 39.4 Å². The van der Waals surface area contributed by atoms with Crippen LogP contribution in [0.5, 0.6) is 0 Å². The summed E-state index contributed by atoms with van der Waals surface area (Å²) in [7, 11) is 1.97. The van der Waals surface area contributed by atoms with Crippen LogP contribution in [0.2, 0.25) is 0 Å². The van der Waals surface area contributed by atoms with Gasteiger partial charge in [0.25, 0.3) is 0 Å². The molecule has 2 aromatic rings. The lowest BCUT2D eigenvalue weighted by Gasteiger charge is -2.36. The summed E-state index contributed by atoms with van der Waals surface area (Å²) in [5.41, 5.74) is 4.48. The van der Waals surface area contributed by atoms with E-state index in [9.17, 15) is 4.39 Å². The van der Waals surface area contributed by atoms with Crippen LogP contribution in [0, 0.1) is 19.7 Å². The Balaban J connectivity index is 1.45. The van der Waals surface area contributed by atoms with Crippen LogP contribution in [-0.2, 0) is 13.6 Å². The molecule has 2 N–H and O–H groups in total. The quantitative estimate of drug-likeness (QED) is 0.535. The molecule has 0 bridgehead atoms. The highest BCUT2D eigenvalue weighted by molar-refractivity contribution is 5.79. The first-order chi connectivity index (χ1) is 14.5. The van der Waals surface area contributed by atoms with Gasteiger partial charge in [0.15, 0.2) is 5.96 Å². The summed E-state index contributed by atoms with van der Waals surface area (Å²) in [6.45, 7) is 13.4. The third kappa shape index (κ3) is 5.72. The zero-order valence-corrected chi connectivity index (χ0v) is 18.6. The van der Waals surface area contributed by atoms with Crippen LogP contribution < -0.4 is 15.5 Å². The van der Waals surface area contributed by atoms with Crippen molar-refractivity contribution in [2.75, 3.05) is 50.7 Å². The maximum absolute atomic E-state index is 13.1. The molecular formula is C22H34FN7. The SMILES string of the molecule is CCNC(=NCc1c(C)nn(C)c1C)NCCN1CCN(c2ccc(F)cc2)CC1. The molecule has 1 aliphatic heterocycles. The van der Waals surface area contributed by atoms with E-state index in [1.807, 2.05) is 30.8 Å². The molecule has 0 saturated carbocycles. The fourth-order valence-corrected chi connectivity index (χ4v) is 3.76. The van der Waals surface area contributed by atoms with Gasteiger partial charge < -0.3 is 15.5 Å². The number of guanidine groups is 1. The molecule has 164 valence electrons. The molecular weight excluding hydrogens is 381 g/mol. The average Bonchev–Trinajstić information content (AvgIpc) is 2.98. The normalized spacial score (nSPS) is 15.5. The second-order valence-electron chi connectivity index (χ2n) is 7.70. The monoisotopic (exact) mass is 415 g/mol. The number of anilines is 1. The van der Waals surface area contributed by atoms with Gasteiger partial charge >= 0.3 is 0 Å². The van der Waals surface area contributed by atoms with Gasteiger partial charge in [-0.05, 0) is 45.0 Å². The third-order valence-electron chi connectivity index (χ3n) is 5.68. The van der Waals surface area contributed by atoms with Crippen molar-refractivity contribution in [1.29, 1.82) is 0 Å². The summed E-state index contributed by atoms with van der Waals surface area (Å²) < 4.78 is 15.0. The number of aromatic nitrogens is 2. The topological polar surface area (TPSA) is 60.7 Å². The van der Waals surface area contributed by atoms with Crippen LogP contribution in [-0.4, -0.2) is 66.5 Å². The number of hydrogen-bond acceptors (Lipinski definition) is 4. The summed E-state index contributed by atoms with van der Waals surface area (Å²) in [6, 6.07) is 6.78. The van der Waals surface area contributed by atoms with Crippen molar-refractivity contribution < 1.29 is 4.39 Å². The molecule has 1 aromatic carbocycles. The van der Waals surface area contributed by atoms with Crippen molar-refractivity contribution in [1.82, 2.24) is 25.3 Å². The Kier molecular flexibility index (Phi) is 7.68. The van der Waals surface area contributed by atoms with E-state index in [0.29, 0.717) is 6.54 Å². The predicted molar refractivity (Wildman–Crippen MR) is 121 cm³/mol. The summed E-state index contributed by atoms with van der Waals surface area (Å²) in [6.07, 6.45) is 0. The van der Waals surface area contributed by atoms with Crippen molar-refractivity contribution in [2.45, 2.75) is 27.3 Å². The minimum Gasteiger partial charge on any atom is -0.369 e. The number of aliphatic imine (C=N–C) groups is 1. The van der Waals surface area contributed by atoms with Crippen LogP contribution in [0.3, 0.4) is 0 Å². The number of nitrogens with zero attached hydrogens (tertiary/aromatic N) is 5. The Morgan fingerprint density at radius 3 is 2.40 bits per heavy atom.